The number of alkyl halides is 3. The van der Waals surface area contributed by atoms with Gasteiger partial charge in [0.1, 0.15) is 17.3 Å². The molecule has 2 aromatic rings. The number of nitrogen functional groups attached to an aromatic ring is 1. The highest BCUT2D eigenvalue weighted by molar-refractivity contribution is 6.32. The predicted octanol–water partition coefficient (Wildman–Crippen LogP) is 4.44. The first-order valence-corrected chi connectivity index (χ1v) is 6.15. The Morgan fingerprint density at radius 1 is 1.10 bits per heavy atom. The number of nitrogens with one attached hydrogen (secondary N) is 1. The first-order chi connectivity index (χ1) is 9.79. The molecule has 0 saturated heterocycles. The molecule has 2 aromatic carbocycles. The standard InChI is InChI=1S/C14H10ClF3N2O/c15-10-3-1-2-4-12(10)21-11-6-5-8(14(16,17)18)7-9(11)13(19)20/h1-7H,(H3,19,20). The molecule has 0 saturated carbocycles. The van der Waals surface area contributed by atoms with Crippen molar-refractivity contribution in [3.05, 3.63) is 58.6 Å². The molecule has 0 aliphatic carbocycles. The summed E-state index contributed by atoms with van der Waals surface area (Å²) in [4.78, 5) is 0. The molecular formula is C14H10ClF3N2O. The summed E-state index contributed by atoms with van der Waals surface area (Å²) in [5.74, 6) is -0.229. The van der Waals surface area contributed by atoms with Crippen molar-refractivity contribution in [3.63, 3.8) is 0 Å². The lowest BCUT2D eigenvalue weighted by Crippen LogP contribution is -2.15. The van der Waals surface area contributed by atoms with Crippen molar-refractivity contribution in [2.75, 3.05) is 0 Å². The van der Waals surface area contributed by atoms with E-state index in [4.69, 9.17) is 27.5 Å². The molecule has 0 spiro atoms. The van der Waals surface area contributed by atoms with Crippen LogP contribution in [0.25, 0.3) is 0 Å². The number of ether oxygens (including phenoxy) is 1. The molecule has 0 bridgehead atoms. The van der Waals surface area contributed by atoms with Gasteiger partial charge in [-0.25, -0.2) is 0 Å². The third-order valence-corrected chi connectivity index (χ3v) is 2.97. The molecule has 0 fully saturated rings. The molecule has 3 nitrogen and oxygen atoms in total. The van der Waals surface area contributed by atoms with Gasteiger partial charge < -0.3 is 10.5 Å². The van der Waals surface area contributed by atoms with E-state index in [1.165, 1.54) is 0 Å². The Labute approximate surface area is 123 Å². The molecule has 0 aliphatic heterocycles. The molecule has 0 atom stereocenters. The number of hydrogen-bond acceptors (Lipinski definition) is 2. The number of nitrogens with two attached hydrogens (primary N) is 1. The van der Waals surface area contributed by atoms with Crippen LogP contribution in [0.15, 0.2) is 42.5 Å². The van der Waals surface area contributed by atoms with Gasteiger partial charge in [-0.2, -0.15) is 13.2 Å². The maximum atomic E-state index is 12.7. The van der Waals surface area contributed by atoms with Gasteiger partial charge >= 0.3 is 6.18 Å². The van der Waals surface area contributed by atoms with E-state index in [9.17, 15) is 13.2 Å². The molecule has 110 valence electrons. The zero-order chi connectivity index (χ0) is 15.6. The Bertz CT molecular complexity index is 686. The van der Waals surface area contributed by atoms with Gasteiger partial charge in [-0.15, -0.1) is 0 Å². The van der Waals surface area contributed by atoms with Crippen molar-refractivity contribution in [1.82, 2.24) is 0 Å². The van der Waals surface area contributed by atoms with E-state index in [-0.39, 0.29) is 17.1 Å². The van der Waals surface area contributed by atoms with Crippen molar-refractivity contribution in [2.45, 2.75) is 6.18 Å². The Morgan fingerprint density at radius 2 is 1.76 bits per heavy atom. The fourth-order valence-electron chi connectivity index (χ4n) is 1.65. The summed E-state index contributed by atoms with van der Waals surface area (Å²) in [5, 5.41) is 7.69. The Hall–Kier alpha value is -2.21. The smallest absolute Gasteiger partial charge is 0.416 e. The van der Waals surface area contributed by atoms with Gasteiger partial charge in [0.15, 0.2) is 0 Å². The maximum Gasteiger partial charge on any atom is 0.416 e. The second kappa shape index (κ2) is 5.65. The highest BCUT2D eigenvalue weighted by atomic mass is 35.5. The first kappa shape index (κ1) is 15.2. The minimum atomic E-state index is -4.52. The molecule has 7 heteroatoms. The summed E-state index contributed by atoms with van der Waals surface area (Å²) in [5.41, 5.74) is 4.27. The third kappa shape index (κ3) is 3.46. The van der Waals surface area contributed by atoms with Crippen LogP contribution < -0.4 is 10.5 Å². The number of amidine groups is 1. The summed E-state index contributed by atoms with van der Waals surface area (Å²) in [6.07, 6.45) is -4.52. The molecule has 0 aliphatic rings. The molecule has 21 heavy (non-hydrogen) atoms. The fourth-order valence-corrected chi connectivity index (χ4v) is 1.83. The van der Waals surface area contributed by atoms with Gasteiger partial charge in [0.25, 0.3) is 0 Å². The van der Waals surface area contributed by atoms with Crippen molar-refractivity contribution in [1.29, 1.82) is 5.41 Å². The lowest BCUT2D eigenvalue weighted by Gasteiger charge is -2.14. The van der Waals surface area contributed by atoms with Crippen molar-refractivity contribution < 1.29 is 17.9 Å². The first-order valence-electron chi connectivity index (χ1n) is 5.77. The zero-order valence-electron chi connectivity index (χ0n) is 10.5. The Morgan fingerprint density at radius 3 is 2.33 bits per heavy atom. The lowest BCUT2D eigenvalue weighted by atomic mass is 10.1. The number of rotatable bonds is 3. The molecule has 0 amide bonds. The summed E-state index contributed by atoms with van der Waals surface area (Å²) >= 11 is 5.92. The van der Waals surface area contributed by atoms with Crippen molar-refractivity contribution in [2.24, 2.45) is 5.73 Å². The highest BCUT2D eigenvalue weighted by Crippen LogP contribution is 2.35. The molecule has 3 N–H and O–H groups in total. The fraction of sp³-hybridized carbons (Fsp3) is 0.0714. The van der Waals surface area contributed by atoms with Gasteiger partial charge in [0, 0.05) is 0 Å². The summed E-state index contributed by atoms with van der Waals surface area (Å²) < 4.78 is 43.5. The molecular weight excluding hydrogens is 305 g/mol. The zero-order valence-corrected chi connectivity index (χ0v) is 11.3. The number of hydrogen-bond donors (Lipinski definition) is 2. The summed E-state index contributed by atoms with van der Waals surface area (Å²) in [6.45, 7) is 0. The average molecular weight is 315 g/mol. The van der Waals surface area contributed by atoms with E-state index >= 15 is 0 Å². The van der Waals surface area contributed by atoms with Crippen LogP contribution in [0.5, 0.6) is 11.5 Å². The van der Waals surface area contributed by atoms with Crippen LogP contribution in [-0.2, 0) is 6.18 Å². The lowest BCUT2D eigenvalue weighted by molar-refractivity contribution is -0.137. The Balaban J connectivity index is 2.45. The number of benzene rings is 2. The minimum absolute atomic E-state index is 0.0311. The van der Waals surface area contributed by atoms with Gasteiger partial charge in [-0.1, -0.05) is 23.7 Å². The van der Waals surface area contributed by atoms with E-state index < -0.39 is 17.6 Å². The largest absolute Gasteiger partial charge is 0.455 e. The van der Waals surface area contributed by atoms with Crippen molar-refractivity contribution in [3.8, 4) is 11.5 Å². The Kier molecular flexibility index (Phi) is 4.09. The second-order valence-electron chi connectivity index (χ2n) is 4.15. The van der Waals surface area contributed by atoms with E-state index in [0.29, 0.717) is 5.02 Å². The van der Waals surface area contributed by atoms with Crippen LogP contribution in [0, 0.1) is 5.41 Å². The van der Waals surface area contributed by atoms with E-state index in [1.807, 2.05) is 0 Å². The van der Waals surface area contributed by atoms with Gasteiger partial charge in [0.2, 0.25) is 0 Å². The maximum absolute atomic E-state index is 12.7. The van der Waals surface area contributed by atoms with Crippen LogP contribution in [-0.4, -0.2) is 5.84 Å². The molecule has 2 rings (SSSR count). The number of halogens is 4. The van der Waals surface area contributed by atoms with Gasteiger partial charge in [0.05, 0.1) is 16.1 Å². The third-order valence-electron chi connectivity index (χ3n) is 2.65. The van der Waals surface area contributed by atoms with Crippen molar-refractivity contribution >= 4 is 17.4 Å². The second-order valence-corrected chi connectivity index (χ2v) is 4.56. The molecule has 0 heterocycles. The summed E-state index contributed by atoms with van der Waals surface area (Å²) in [6, 6.07) is 9.24. The molecule has 0 aromatic heterocycles. The highest BCUT2D eigenvalue weighted by Gasteiger charge is 2.31. The summed E-state index contributed by atoms with van der Waals surface area (Å²) in [7, 11) is 0. The molecule has 0 radical (unpaired) electrons. The van der Waals surface area contributed by atoms with Gasteiger partial charge in [-0.3, -0.25) is 5.41 Å². The predicted molar refractivity (Wildman–Crippen MR) is 74.0 cm³/mol. The minimum Gasteiger partial charge on any atom is -0.455 e. The van der Waals surface area contributed by atoms with E-state index in [2.05, 4.69) is 0 Å². The van der Waals surface area contributed by atoms with Crippen LogP contribution >= 0.6 is 11.6 Å². The monoisotopic (exact) mass is 314 g/mol. The van der Waals surface area contributed by atoms with Crippen LogP contribution in [0.3, 0.4) is 0 Å². The van der Waals surface area contributed by atoms with Crippen LogP contribution in [0.4, 0.5) is 13.2 Å². The van der Waals surface area contributed by atoms with E-state index in [0.717, 1.165) is 18.2 Å². The number of para-hydroxylation sites is 1. The normalized spacial score (nSPS) is 11.2. The van der Waals surface area contributed by atoms with E-state index in [1.54, 1.807) is 24.3 Å². The van der Waals surface area contributed by atoms with Crippen LogP contribution in [0.2, 0.25) is 5.02 Å². The molecule has 0 unspecified atom stereocenters. The van der Waals surface area contributed by atoms with Crippen LogP contribution in [0.1, 0.15) is 11.1 Å². The van der Waals surface area contributed by atoms with Gasteiger partial charge in [-0.05, 0) is 30.3 Å². The topological polar surface area (TPSA) is 59.1 Å². The average Bonchev–Trinajstić information content (AvgIpc) is 2.40. The quantitative estimate of drug-likeness (QED) is 0.650. The SMILES string of the molecule is N=C(N)c1cc(C(F)(F)F)ccc1Oc1ccccc1Cl.